The van der Waals surface area contributed by atoms with Crippen molar-refractivity contribution in [3.8, 4) is 11.5 Å². The molecule has 7 nitrogen and oxygen atoms in total. The van der Waals surface area contributed by atoms with Gasteiger partial charge in [-0.2, -0.15) is 4.98 Å². The van der Waals surface area contributed by atoms with Crippen LogP contribution in [0, 0.1) is 0 Å². The molecule has 126 valence electrons. The van der Waals surface area contributed by atoms with E-state index in [-0.39, 0.29) is 11.9 Å². The van der Waals surface area contributed by atoms with Crippen LogP contribution >= 0.6 is 11.6 Å². The average Bonchev–Trinajstić information content (AvgIpc) is 2.58. The number of halogens is 1. The second-order valence-corrected chi connectivity index (χ2v) is 5.90. The summed E-state index contributed by atoms with van der Waals surface area (Å²) in [5, 5.41) is 0.636. The maximum Gasteiger partial charge on any atom is 0.222 e. The second-order valence-electron chi connectivity index (χ2n) is 5.47. The van der Waals surface area contributed by atoms with E-state index < -0.39 is 0 Å². The van der Waals surface area contributed by atoms with Crippen LogP contribution in [0.4, 0.5) is 11.8 Å². The summed E-state index contributed by atoms with van der Waals surface area (Å²) in [4.78, 5) is 23.6. The fourth-order valence-corrected chi connectivity index (χ4v) is 2.66. The minimum absolute atomic E-state index is 0.0782. The summed E-state index contributed by atoms with van der Waals surface area (Å²) in [5.41, 5.74) is 5.74. The molecule has 2 heterocycles. The number of hydrogen-bond acceptors (Lipinski definition) is 6. The number of anilines is 2. The monoisotopic (exact) mass is 347 g/mol. The quantitative estimate of drug-likeness (QED) is 0.916. The molecule has 8 heteroatoms. The molecule has 1 fully saturated rings. The predicted molar refractivity (Wildman–Crippen MR) is 92.4 cm³/mol. The van der Waals surface area contributed by atoms with Crippen LogP contribution in [-0.2, 0) is 4.79 Å². The van der Waals surface area contributed by atoms with Crippen LogP contribution in [0.3, 0.4) is 0 Å². The fourth-order valence-electron chi connectivity index (χ4n) is 2.54. The lowest BCUT2D eigenvalue weighted by Crippen LogP contribution is -2.48. The molecule has 24 heavy (non-hydrogen) atoms. The van der Waals surface area contributed by atoms with Gasteiger partial charge in [0.1, 0.15) is 5.75 Å². The molecule has 0 radical (unpaired) electrons. The lowest BCUT2D eigenvalue weighted by atomic mass is 10.3. The summed E-state index contributed by atoms with van der Waals surface area (Å²) in [7, 11) is 0. The molecule has 2 aromatic rings. The van der Waals surface area contributed by atoms with Crippen molar-refractivity contribution in [2.75, 3.05) is 36.8 Å². The van der Waals surface area contributed by atoms with Gasteiger partial charge in [0, 0.05) is 38.1 Å². The van der Waals surface area contributed by atoms with Crippen molar-refractivity contribution in [2.24, 2.45) is 0 Å². The van der Waals surface area contributed by atoms with Crippen molar-refractivity contribution in [2.45, 2.75) is 6.92 Å². The minimum atomic E-state index is 0.0782. The van der Waals surface area contributed by atoms with Crippen LogP contribution in [0.1, 0.15) is 6.92 Å². The summed E-state index contributed by atoms with van der Waals surface area (Å²) < 4.78 is 5.89. The minimum Gasteiger partial charge on any atom is -0.452 e. The first-order valence-corrected chi connectivity index (χ1v) is 7.97. The zero-order valence-electron chi connectivity index (χ0n) is 13.3. The van der Waals surface area contributed by atoms with Gasteiger partial charge in [0.05, 0.1) is 6.20 Å². The third-order valence-electron chi connectivity index (χ3n) is 3.82. The van der Waals surface area contributed by atoms with Gasteiger partial charge in [0.15, 0.2) is 11.6 Å². The lowest BCUT2D eigenvalue weighted by Gasteiger charge is -2.35. The SMILES string of the molecule is CC(=O)N1CCN(c2nc(N)ncc2Oc2ccc(Cl)cc2)CC1. The molecule has 1 amide bonds. The Morgan fingerprint density at radius 1 is 1.21 bits per heavy atom. The molecule has 3 rings (SSSR count). The zero-order valence-corrected chi connectivity index (χ0v) is 14.0. The molecule has 0 unspecified atom stereocenters. The third-order valence-corrected chi connectivity index (χ3v) is 4.07. The van der Waals surface area contributed by atoms with Crippen LogP contribution in [0.25, 0.3) is 0 Å². The number of carbonyl (C=O) groups is 1. The summed E-state index contributed by atoms with van der Waals surface area (Å²) >= 11 is 5.89. The van der Waals surface area contributed by atoms with Crippen LogP contribution < -0.4 is 15.4 Å². The Morgan fingerprint density at radius 2 is 1.88 bits per heavy atom. The molecule has 1 aromatic heterocycles. The standard InChI is InChI=1S/C16H18ClN5O2/c1-11(23)21-6-8-22(9-7-21)15-14(10-19-16(18)20-15)24-13-4-2-12(17)3-5-13/h2-5,10H,6-9H2,1H3,(H2,18,19,20). The van der Waals surface area contributed by atoms with Crippen molar-refractivity contribution in [1.82, 2.24) is 14.9 Å². The Bertz CT molecular complexity index is 730. The molecule has 0 aliphatic carbocycles. The fraction of sp³-hybridized carbons (Fsp3) is 0.312. The van der Waals surface area contributed by atoms with Crippen molar-refractivity contribution >= 4 is 29.3 Å². The number of nitrogen functional groups attached to an aromatic ring is 1. The molecule has 1 saturated heterocycles. The van der Waals surface area contributed by atoms with E-state index in [1.54, 1.807) is 42.3 Å². The van der Waals surface area contributed by atoms with Gasteiger partial charge in [-0.1, -0.05) is 11.6 Å². The van der Waals surface area contributed by atoms with E-state index in [0.717, 1.165) is 0 Å². The highest BCUT2D eigenvalue weighted by atomic mass is 35.5. The van der Waals surface area contributed by atoms with Crippen molar-refractivity contribution in [3.05, 3.63) is 35.5 Å². The van der Waals surface area contributed by atoms with E-state index in [2.05, 4.69) is 9.97 Å². The Kier molecular flexibility index (Phi) is 4.71. The molecule has 0 bridgehead atoms. The first-order valence-electron chi connectivity index (χ1n) is 7.59. The van der Waals surface area contributed by atoms with E-state index >= 15 is 0 Å². The number of amides is 1. The van der Waals surface area contributed by atoms with Gasteiger partial charge in [0.2, 0.25) is 11.9 Å². The van der Waals surface area contributed by atoms with Crippen molar-refractivity contribution in [3.63, 3.8) is 0 Å². The van der Waals surface area contributed by atoms with Crippen molar-refractivity contribution < 1.29 is 9.53 Å². The number of aromatic nitrogens is 2. The van der Waals surface area contributed by atoms with Gasteiger partial charge in [0.25, 0.3) is 0 Å². The molecule has 0 saturated carbocycles. The molecule has 1 aliphatic rings. The second kappa shape index (κ2) is 6.92. The Labute approximate surface area is 145 Å². The maximum absolute atomic E-state index is 11.5. The first kappa shape index (κ1) is 16.3. The van der Waals surface area contributed by atoms with Gasteiger partial charge in [-0.3, -0.25) is 4.79 Å². The van der Waals surface area contributed by atoms with Gasteiger partial charge < -0.3 is 20.3 Å². The number of nitrogens with two attached hydrogens (primary N) is 1. The molecule has 2 N–H and O–H groups in total. The van der Waals surface area contributed by atoms with Gasteiger partial charge in [-0.15, -0.1) is 0 Å². The molecule has 1 aromatic carbocycles. The highest BCUT2D eigenvalue weighted by Crippen LogP contribution is 2.31. The summed E-state index contributed by atoms with van der Waals surface area (Å²) in [6, 6.07) is 7.05. The largest absolute Gasteiger partial charge is 0.452 e. The maximum atomic E-state index is 11.5. The predicted octanol–water partition coefficient (Wildman–Crippen LogP) is 2.17. The Morgan fingerprint density at radius 3 is 2.50 bits per heavy atom. The zero-order chi connectivity index (χ0) is 17.1. The number of rotatable bonds is 3. The highest BCUT2D eigenvalue weighted by molar-refractivity contribution is 6.30. The molecular weight excluding hydrogens is 330 g/mol. The lowest BCUT2D eigenvalue weighted by molar-refractivity contribution is -0.129. The number of piperazine rings is 1. The number of carbonyl (C=O) groups excluding carboxylic acids is 1. The molecule has 1 aliphatic heterocycles. The van der Waals surface area contributed by atoms with Gasteiger partial charge in [-0.25, -0.2) is 4.98 Å². The molecule has 0 spiro atoms. The summed E-state index contributed by atoms with van der Waals surface area (Å²) in [6.07, 6.45) is 1.56. The average molecular weight is 348 g/mol. The number of benzene rings is 1. The van der Waals surface area contributed by atoms with E-state index in [1.807, 2.05) is 4.90 Å². The van der Waals surface area contributed by atoms with E-state index in [4.69, 9.17) is 22.1 Å². The summed E-state index contributed by atoms with van der Waals surface area (Å²) in [6.45, 7) is 4.17. The van der Waals surface area contributed by atoms with Crippen LogP contribution in [0.15, 0.2) is 30.5 Å². The summed E-state index contributed by atoms with van der Waals surface area (Å²) in [5.74, 6) is 2.04. The van der Waals surface area contributed by atoms with E-state index in [9.17, 15) is 4.79 Å². The Balaban J connectivity index is 1.81. The highest BCUT2D eigenvalue weighted by Gasteiger charge is 2.23. The van der Waals surface area contributed by atoms with Crippen molar-refractivity contribution in [1.29, 1.82) is 0 Å². The Hall–Kier alpha value is -2.54. The van der Waals surface area contributed by atoms with E-state index in [1.165, 1.54) is 0 Å². The third kappa shape index (κ3) is 3.68. The van der Waals surface area contributed by atoms with E-state index in [0.29, 0.717) is 48.5 Å². The number of ether oxygens (including phenoxy) is 1. The smallest absolute Gasteiger partial charge is 0.222 e. The van der Waals surface area contributed by atoms with Crippen LogP contribution in [0.2, 0.25) is 5.02 Å². The van der Waals surface area contributed by atoms with Gasteiger partial charge >= 0.3 is 0 Å². The number of hydrogen-bond donors (Lipinski definition) is 1. The normalized spacial score (nSPS) is 14.6. The number of nitrogens with zero attached hydrogens (tertiary/aromatic N) is 4. The van der Waals surface area contributed by atoms with Crippen LogP contribution in [0.5, 0.6) is 11.5 Å². The van der Waals surface area contributed by atoms with Crippen LogP contribution in [-0.4, -0.2) is 47.0 Å². The molecular formula is C16H18ClN5O2. The van der Waals surface area contributed by atoms with Gasteiger partial charge in [-0.05, 0) is 24.3 Å². The topological polar surface area (TPSA) is 84.6 Å². The first-order chi connectivity index (χ1) is 11.5. The molecule has 0 atom stereocenters.